The molecule has 0 amide bonds. The summed E-state index contributed by atoms with van der Waals surface area (Å²) in [6, 6.07) is 17.1. The van der Waals surface area contributed by atoms with Crippen LogP contribution in [-0.4, -0.2) is 0 Å². The van der Waals surface area contributed by atoms with Crippen molar-refractivity contribution in [2.75, 3.05) is 0 Å². The van der Waals surface area contributed by atoms with Gasteiger partial charge in [-0.2, -0.15) is 0 Å². The SMILES string of the molecule is [2H]c1ccc(Oc2ccccc2)cc1. The van der Waals surface area contributed by atoms with Crippen LogP contribution < -0.4 is 4.74 Å². The second-order valence-corrected chi connectivity index (χ2v) is 2.65. The monoisotopic (exact) mass is 171 g/mol. The van der Waals surface area contributed by atoms with E-state index in [9.17, 15) is 0 Å². The number of ether oxygens (including phenoxy) is 1. The minimum atomic E-state index is 0.491. The molecule has 0 unspecified atom stereocenters. The summed E-state index contributed by atoms with van der Waals surface area (Å²) in [7, 11) is 0. The second kappa shape index (κ2) is 3.76. The third kappa shape index (κ3) is 2.09. The highest BCUT2D eigenvalue weighted by Crippen LogP contribution is 2.19. The van der Waals surface area contributed by atoms with E-state index < -0.39 is 0 Å². The fourth-order valence-electron chi connectivity index (χ4n) is 1.06. The van der Waals surface area contributed by atoms with Gasteiger partial charge in [0, 0.05) is 0 Å². The van der Waals surface area contributed by atoms with E-state index in [1.807, 2.05) is 30.3 Å². The van der Waals surface area contributed by atoms with Crippen molar-refractivity contribution in [2.45, 2.75) is 0 Å². The van der Waals surface area contributed by atoms with Crippen molar-refractivity contribution in [3.8, 4) is 11.5 Å². The summed E-state index contributed by atoms with van der Waals surface area (Å²) in [5, 5.41) is 0. The summed E-state index contributed by atoms with van der Waals surface area (Å²) >= 11 is 0. The Morgan fingerprint density at radius 1 is 0.769 bits per heavy atom. The molecule has 0 bridgehead atoms. The Balaban J connectivity index is 2.16. The Morgan fingerprint density at radius 2 is 1.31 bits per heavy atom. The number of rotatable bonds is 2. The quantitative estimate of drug-likeness (QED) is 0.672. The predicted molar refractivity (Wildman–Crippen MR) is 53.0 cm³/mol. The topological polar surface area (TPSA) is 9.23 Å². The molecule has 0 fully saturated rings. The standard InChI is InChI=1S/C12H10O/c1-3-7-11(8-4-1)13-12-9-5-2-6-10-12/h1-10H/i1D. The molecule has 0 aliphatic carbocycles. The van der Waals surface area contributed by atoms with E-state index in [1.54, 1.807) is 24.3 Å². The maximum absolute atomic E-state index is 7.32. The van der Waals surface area contributed by atoms with Gasteiger partial charge >= 0.3 is 0 Å². The summed E-state index contributed by atoms with van der Waals surface area (Å²) in [6.45, 7) is 0. The van der Waals surface area contributed by atoms with Gasteiger partial charge in [0.2, 0.25) is 0 Å². The molecule has 2 rings (SSSR count). The number of hydrogen-bond donors (Lipinski definition) is 0. The van der Waals surface area contributed by atoms with E-state index in [1.165, 1.54) is 0 Å². The Labute approximate surface area is 79.0 Å². The molecule has 0 aliphatic heterocycles. The molecule has 0 radical (unpaired) electrons. The van der Waals surface area contributed by atoms with Gasteiger partial charge in [0.1, 0.15) is 11.5 Å². The van der Waals surface area contributed by atoms with Crippen LogP contribution in [0, 0.1) is 0 Å². The fraction of sp³-hybridized carbons (Fsp3) is 0. The first-order valence-electron chi connectivity index (χ1n) is 4.64. The summed E-state index contributed by atoms with van der Waals surface area (Å²) < 4.78 is 12.9. The summed E-state index contributed by atoms with van der Waals surface area (Å²) in [4.78, 5) is 0. The van der Waals surface area contributed by atoms with Crippen molar-refractivity contribution in [3.63, 3.8) is 0 Å². The summed E-state index contributed by atoms with van der Waals surface area (Å²) in [6.07, 6.45) is 0. The minimum absolute atomic E-state index is 0.491. The molecule has 0 atom stereocenters. The molecule has 1 nitrogen and oxygen atoms in total. The van der Waals surface area contributed by atoms with Crippen LogP contribution in [-0.2, 0) is 0 Å². The zero-order chi connectivity index (χ0) is 9.80. The molecule has 0 spiro atoms. The van der Waals surface area contributed by atoms with Gasteiger partial charge in [0.15, 0.2) is 0 Å². The molecule has 2 aromatic carbocycles. The zero-order valence-electron chi connectivity index (χ0n) is 8.10. The Hall–Kier alpha value is -1.76. The summed E-state index contributed by atoms with van der Waals surface area (Å²) in [5.74, 6) is 1.57. The van der Waals surface area contributed by atoms with Gasteiger partial charge < -0.3 is 4.74 Å². The van der Waals surface area contributed by atoms with Crippen molar-refractivity contribution in [1.82, 2.24) is 0 Å². The lowest BCUT2D eigenvalue weighted by Crippen LogP contribution is -1.81. The van der Waals surface area contributed by atoms with E-state index in [0.29, 0.717) is 6.04 Å². The highest BCUT2D eigenvalue weighted by Gasteiger charge is 1.92. The van der Waals surface area contributed by atoms with Gasteiger partial charge in [-0.3, -0.25) is 0 Å². The maximum Gasteiger partial charge on any atom is 0.127 e. The van der Waals surface area contributed by atoms with Crippen LogP contribution >= 0.6 is 0 Å². The second-order valence-electron chi connectivity index (χ2n) is 2.65. The molecule has 0 N–H and O–H groups in total. The zero-order valence-corrected chi connectivity index (χ0v) is 7.10. The highest BCUT2D eigenvalue weighted by atomic mass is 16.5. The van der Waals surface area contributed by atoms with Crippen molar-refractivity contribution < 1.29 is 6.11 Å². The van der Waals surface area contributed by atoms with E-state index in [4.69, 9.17) is 6.11 Å². The van der Waals surface area contributed by atoms with Gasteiger partial charge in [0.05, 0.1) is 1.37 Å². The van der Waals surface area contributed by atoms with Crippen LogP contribution in [0.5, 0.6) is 11.5 Å². The number of hydrogen-bond acceptors (Lipinski definition) is 1. The Morgan fingerprint density at radius 3 is 1.92 bits per heavy atom. The van der Waals surface area contributed by atoms with Gasteiger partial charge in [-0.15, -0.1) is 0 Å². The van der Waals surface area contributed by atoms with E-state index in [2.05, 4.69) is 0 Å². The molecular weight excluding hydrogens is 160 g/mol. The van der Waals surface area contributed by atoms with Crippen LogP contribution in [0.1, 0.15) is 1.37 Å². The molecule has 1 heteroatoms. The third-order valence-electron chi connectivity index (χ3n) is 1.67. The van der Waals surface area contributed by atoms with Crippen LogP contribution in [0.2, 0.25) is 0 Å². The summed E-state index contributed by atoms with van der Waals surface area (Å²) in [5.41, 5.74) is 0. The Bertz CT molecular complexity index is 394. The first kappa shape index (κ1) is 6.72. The average Bonchev–Trinajstić information content (AvgIpc) is 2.23. The van der Waals surface area contributed by atoms with Gasteiger partial charge in [0.25, 0.3) is 0 Å². The Kier molecular flexibility index (Phi) is 1.95. The third-order valence-corrected chi connectivity index (χ3v) is 1.67. The van der Waals surface area contributed by atoms with Crippen LogP contribution in [0.4, 0.5) is 0 Å². The molecule has 0 aliphatic rings. The molecule has 13 heavy (non-hydrogen) atoms. The van der Waals surface area contributed by atoms with Crippen molar-refractivity contribution in [3.05, 3.63) is 60.6 Å². The van der Waals surface area contributed by atoms with Crippen molar-refractivity contribution in [1.29, 1.82) is 0 Å². The highest BCUT2D eigenvalue weighted by molar-refractivity contribution is 5.30. The van der Waals surface area contributed by atoms with Gasteiger partial charge in [-0.1, -0.05) is 36.4 Å². The lowest BCUT2D eigenvalue weighted by Gasteiger charge is -2.03. The molecule has 64 valence electrons. The van der Waals surface area contributed by atoms with Crippen LogP contribution in [0.15, 0.2) is 60.6 Å². The lowest BCUT2D eigenvalue weighted by atomic mass is 10.3. The predicted octanol–water partition coefficient (Wildman–Crippen LogP) is 3.48. The fourth-order valence-corrected chi connectivity index (χ4v) is 1.06. The first-order valence-corrected chi connectivity index (χ1v) is 4.14. The van der Waals surface area contributed by atoms with Crippen LogP contribution in [0.25, 0.3) is 0 Å². The maximum atomic E-state index is 7.32. The average molecular weight is 171 g/mol. The largest absolute Gasteiger partial charge is 0.457 e. The molecule has 2 aromatic rings. The van der Waals surface area contributed by atoms with Gasteiger partial charge in [-0.25, -0.2) is 0 Å². The molecule has 0 saturated heterocycles. The molecule has 0 heterocycles. The first-order chi connectivity index (χ1) is 6.84. The normalized spacial score (nSPS) is 10.6. The number of para-hydroxylation sites is 2. The lowest BCUT2D eigenvalue weighted by molar-refractivity contribution is 0.482. The van der Waals surface area contributed by atoms with E-state index in [-0.39, 0.29) is 0 Å². The molecule has 0 saturated carbocycles. The minimum Gasteiger partial charge on any atom is -0.457 e. The van der Waals surface area contributed by atoms with Gasteiger partial charge in [-0.05, 0) is 24.3 Å². The van der Waals surface area contributed by atoms with E-state index in [0.717, 1.165) is 11.5 Å². The van der Waals surface area contributed by atoms with Crippen LogP contribution in [0.3, 0.4) is 0 Å². The number of benzene rings is 2. The molecular formula is C12H10O. The van der Waals surface area contributed by atoms with Crippen molar-refractivity contribution >= 4 is 0 Å². The smallest absolute Gasteiger partial charge is 0.127 e. The molecule has 0 aromatic heterocycles. The van der Waals surface area contributed by atoms with E-state index >= 15 is 0 Å². The van der Waals surface area contributed by atoms with Crippen molar-refractivity contribution in [2.24, 2.45) is 0 Å².